The molecule has 94 valence electrons. The maximum Gasteiger partial charge on any atom is 0.242 e. The molecule has 0 aliphatic carbocycles. The quantitative estimate of drug-likeness (QED) is 0.827. The molecule has 1 atom stereocenters. The zero-order chi connectivity index (χ0) is 12.5. The fraction of sp³-hybridized carbons (Fsp3) is 0.364. The predicted molar refractivity (Wildman–Crippen MR) is 72.1 cm³/mol. The van der Waals surface area contributed by atoms with E-state index in [1.165, 1.54) is 11.3 Å². The summed E-state index contributed by atoms with van der Waals surface area (Å²) in [6.07, 6.45) is 1.77. The van der Waals surface area contributed by atoms with Gasteiger partial charge in [0.1, 0.15) is 16.7 Å². The molecule has 2 aromatic heterocycles. The van der Waals surface area contributed by atoms with Crippen LogP contribution in [-0.2, 0) is 4.79 Å². The molecular formula is C11H11ClN4OS. The summed E-state index contributed by atoms with van der Waals surface area (Å²) in [5.74, 6) is 0.646. The second-order valence-corrected chi connectivity index (χ2v) is 5.34. The molecule has 0 bridgehead atoms. The van der Waals surface area contributed by atoms with Crippen LogP contribution in [0.3, 0.4) is 0 Å². The van der Waals surface area contributed by atoms with E-state index in [1.807, 2.05) is 11.4 Å². The number of rotatable bonds is 2. The van der Waals surface area contributed by atoms with Crippen molar-refractivity contribution < 1.29 is 4.79 Å². The van der Waals surface area contributed by atoms with Crippen molar-refractivity contribution >= 4 is 44.9 Å². The molecule has 2 aromatic rings. The Kier molecular flexibility index (Phi) is 3.05. The molecule has 1 aliphatic heterocycles. The Bertz CT molecular complexity index is 600. The minimum Gasteiger partial charge on any atom is -0.358 e. The van der Waals surface area contributed by atoms with E-state index in [1.54, 1.807) is 0 Å². The lowest BCUT2D eigenvalue weighted by molar-refractivity contribution is -0.123. The fourth-order valence-electron chi connectivity index (χ4n) is 2.01. The molecule has 3 rings (SSSR count). The number of halogens is 1. The monoisotopic (exact) mass is 282 g/mol. The van der Waals surface area contributed by atoms with E-state index in [0.717, 1.165) is 29.6 Å². The molecule has 1 aliphatic rings. The van der Waals surface area contributed by atoms with Gasteiger partial charge in [-0.3, -0.25) is 4.79 Å². The fourth-order valence-corrected chi connectivity index (χ4v) is 3.00. The van der Waals surface area contributed by atoms with E-state index in [-0.39, 0.29) is 17.2 Å². The molecular weight excluding hydrogens is 272 g/mol. The Hall–Kier alpha value is -1.40. The number of anilines is 1. The lowest BCUT2D eigenvalue weighted by Gasteiger charge is -2.23. The maximum absolute atomic E-state index is 11.7. The van der Waals surface area contributed by atoms with Crippen LogP contribution in [0.15, 0.2) is 11.4 Å². The number of carbonyl (C=O) groups excluding carboxylic acids is 1. The summed E-state index contributed by atoms with van der Waals surface area (Å²) < 4.78 is 0. The van der Waals surface area contributed by atoms with Gasteiger partial charge in [0.25, 0.3) is 0 Å². The zero-order valence-corrected chi connectivity index (χ0v) is 11.0. The Balaban J connectivity index is 1.93. The van der Waals surface area contributed by atoms with Crippen LogP contribution >= 0.6 is 22.9 Å². The molecule has 0 aromatic carbocycles. The number of carbonyl (C=O) groups is 1. The second-order valence-electron chi connectivity index (χ2n) is 4.11. The Morgan fingerprint density at radius 3 is 3.22 bits per heavy atom. The third-order valence-electron chi connectivity index (χ3n) is 2.89. The average molecular weight is 283 g/mol. The molecule has 0 radical (unpaired) electrons. The molecule has 3 heterocycles. The van der Waals surface area contributed by atoms with Gasteiger partial charge in [0, 0.05) is 6.54 Å². The lowest BCUT2D eigenvalue weighted by atomic mass is 10.1. The normalized spacial score (nSPS) is 19.8. The molecule has 5 nitrogen and oxygen atoms in total. The highest BCUT2D eigenvalue weighted by molar-refractivity contribution is 7.16. The van der Waals surface area contributed by atoms with Gasteiger partial charge in [-0.2, -0.15) is 0 Å². The van der Waals surface area contributed by atoms with Crippen molar-refractivity contribution in [2.75, 3.05) is 11.9 Å². The van der Waals surface area contributed by atoms with Crippen molar-refractivity contribution in [3.63, 3.8) is 0 Å². The Morgan fingerprint density at radius 2 is 2.39 bits per heavy atom. The molecule has 1 saturated heterocycles. The summed E-state index contributed by atoms with van der Waals surface area (Å²) in [5, 5.41) is 9.03. The van der Waals surface area contributed by atoms with Crippen molar-refractivity contribution in [1.29, 1.82) is 0 Å². The maximum atomic E-state index is 11.7. The van der Waals surface area contributed by atoms with Gasteiger partial charge in [0.05, 0.1) is 5.39 Å². The predicted octanol–water partition coefficient (Wildman–Crippen LogP) is 2.04. The third-order valence-corrected chi connectivity index (χ3v) is 3.87. The van der Waals surface area contributed by atoms with E-state index in [4.69, 9.17) is 11.6 Å². The summed E-state index contributed by atoms with van der Waals surface area (Å²) in [7, 11) is 0. The number of nitrogens with one attached hydrogen (secondary N) is 2. The number of amides is 1. The number of nitrogens with zero attached hydrogens (tertiary/aromatic N) is 2. The number of thiophene rings is 1. The molecule has 0 spiro atoms. The van der Waals surface area contributed by atoms with E-state index in [0.29, 0.717) is 5.82 Å². The van der Waals surface area contributed by atoms with Crippen LogP contribution < -0.4 is 10.6 Å². The highest BCUT2D eigenvalue weighted by atomic mass is 35.5. The van der Waals surface area contributed by atoms with Crippen molar-refractivity contribution in [3.8, 4) is 0 Å². The molecule has 1 fully saturated rings. The van der Waals surface area contributed by atoms with Crippen molar-refractivity contribution in [1.82, 2.24) is 15.3 Å². The third kappa shape index (κ3) is 2.13. The first-order valence-corrected chi connectivity index (χ1v) is 6.95. The molecule has 0 saturated carbocycles. The second kappa shape index (κ2) is 4.70. The SMILES string of the molecule is O=C1NCCCC1Nc1nc(Cl)nc2sccc12. The number of hydrogen-bond acceptors (Lipinski definition) is 5. The molecule has 1 amide bonds. The number of piperidine rings is 1. The summed E-state index contributed by atoms with van der Waals surface area (Å²) in [6, 6.07) is 1.69. The van der Waals surface area contributed by atoms with Crippen LogP contribution in [0.2, 0.25) is 5.28 Å². The van der Waals surface area contributed by atoms with Crippen molar-refractivity contribution in [3.05, 3.63) is 16.7 Å². The van der Waals surface area contributed by atoms with E-state index < -0.39 is 0 Å². The van der Waals surface area contributed by atoms with Crippen molar-refractivity contribution in [2.24, 2.45) is 0 Å². The number of hydrogen-bond donors (Lipinski definition) is 2. The Labute approximate surface area is 113 Å². The number of fused-ring (bicyclic) bond motifs is 1. The van der Waals surface area contributed by atoms with Crippen LogP contribution in [0.1, 0.15) is 12.8 Å². The standard InChI is InChI=1S/C11H11ClN4OS/c12-11-15-8(6-3-5-18-10(6)16-11)14-7-2-1-4-13-9(7)17/h3,5,7H,1-2,4H2,(H,13,17)(H,14,15,16). The summed E-state index contributed by atoms with van der Waals surface area (Å²) in [4.78, 5) is 20.9. The van der Waals surface area contributed by atoms with Gasteiger partial charge < -0.3 is 10.6 Å². The Morgan fingerprint density at radius 1 is 1.50 bits per heavy atom. The van der Waals surface area contributed by atoms with Gasteiger partial charge in [0.15, 0.2) is 0 Å². The van der Waals surface area contributed by atoms with Crippen LogP contribution in [0.25, 0.3) is 10.2 Å². The van der Waals surface area contributed by atoms with Crippen LogP contribution in [0.5, 0.6) is 0 Å². The first-order valence-electron chi connectivity index (χ1n) is 5.69. The first-order chi connectivity index (χ1) is 8.74. The average Bonchev–Trinajstić information content (AvgIpc) is 2.80. The minimum atomic E-state index is -0.243. The minimum absolute atomic E-state index is 0.0133. The van der Waals surface area contributed by atoms with Gasteiger partial charge in [-0.25, -0.2) is 9.97 Å². The lowest BCUT2D eigenvalue weighted by Crippen LogP contribution is -2.44. The summed E-state index contributed by atoms with van der Waals surface area (Å²) in [5.41, 5.74) is 0. The van der Waals surface area contributed by atoms with E-state index in [2.05, 4.69) is 20.6 Å². The molecule has 7 heteroatoms. The van der Waals surface area contributed by atoms with Gasteiger partial charge in [-0.15, -0.1) is 11.3 Å². The van der Waals surface area contributed by atoms with Gasteiger partial charge in [-0.05, 0) is 35.9 Å². The smallest absolute Gasteiger partial charge is 0.242 e. The topological polar surface area (TPSA) is 66.9 Å². The molecule has 1 unspecified atom stereocenters. The van der Waals surface area contributed by atoms with Crippen LogP contribution in [0.4, 0.5) is 5.82 Å². The van der Waals surface area contributed by atoms with Crippen LogP contribution in [-0.4, -0.2) is 28.5 Å². The zero-order valence-electron chi connectivity index (χ0n) is 9.44. The highest BCUT2D eigenvalue weighted by Gasteiger charge is 2.23. The molecule has 2 N–H and O–H groups in total. The van der Waals surface area contributed by atoms with Crippen molar-refractivity contribution in [2.45, 2.75) is 18.9 Å². The molecule has 18 heavy (non-hydrogen) atoms. The highest BCUT2D eigenvalue weighted by Crippen LogP contribution is 2.27. The first kappa shape index (κ1) is 11.7. The summed E-state index contributed by atoms with van der Waals surface area (Å²) in [6.45, 7) is 0.745. The van der Waals surface area contributed by atoms with E-state index >= 15 is 0 Å². The van der Waals surface area contributed by atoms with Gasteiger partial charge in [-0.1, -0.05) is 0 Å². The van der Waals surface area contributed by atoms with Gasteiger partial charge in [0.2, 0.25) is 11.2 Å². The number of aromatic nitrogens is 2. The largest absolute Gasteiger partial charge is 0.358 e. The van der Waals surface area contributed by atoms with Crippen LogP contribution in [0, 0.1) is 0 Å². The summed E-state index contributed by atoms with van der Waals surface area (Å²) >= 11 is 7.38. The van der Waals surface area contributed by atoms with E-state index in [9.17, 15) is 4.79 Å². The van der Waals surface area contributed by atoms with Gasteiger partial charge >= 0.3 is 0 Å².